The molecular formula is C12H23IO2. The second kappa shape index (κ2) is 10.7. The number of carbonyl (C=O) groups is 1. The van der Waals surface area contributed by atoms with Crippen molar-refractivity contribution in [2.75, 3.05) is 6.61 Å². The Balaban J connectivity index is 3.20. The van der Waals surface area contributed by atoms with Gasteiger partial charge in [-0.25, -0.2) is 0 Å². The van der Waals surface area contributed by atoms with Crippen LogP contribution in [0.15, 0.2) is 0 Å². The highest BCUT2D eigenvalue weighted by Crippen LogP contribution is 2.09. The molecule has 0 aliphatic rings. The molecule has 2 nitrogen and oxygen atoms in total. The summed E-state index contributed by atoms with van der Waals surface area (Å²) in [6.45, 7) is 4.82. The Hall–Kier alpha value is 0.200. The van der Waals surface area contributed by atoms with Crippen LogP contribution in [0.3, 0.4) is 0 Å². The van der Waals surface area contributed by atoms with Crippen molar-refractivity contribution in [1.29, 1.82) is 0 Å². The van der Waals surface area contributed by atoms with E-state index in [1.165, 1.54) is 32.1 Å². The Morgan fingerprint density at radius 1 is 1.13 bits per heavy atom. The van der Waals surface area contributed by atoms with Crippen LogP contribution < -0.4 is 0 Å². The quantitative estimate of drug-likeness (QED) is 0.276. The lowest BCUT2D eigenvalue weighted by Crippen LogP contribution is -2.16. The predicted octanol–water partition coefficient (Wildman–Crippen LogP) is 4.10. The van der Waals surface area contributed by atoms with E-state index in [-0.39, 0.29) is 9.89 Å². The van der Waals surface area contributed by atoms with Crippen LogP contribution in [-0.2, 0) is 9.53 Å². The van der Waals surface area contributed by atoms with E-state index in [0.717, 1.165) is 12.8 Å². The van der Waals surface area contributed by atoms with E-state index in [2.05, 4.69) is 29.5 Å². The highest BCUT2D eigenvalue weighted by Gasteiger charge is 2.12. The molecule has 0 aliphatic heterocycles. The molecule has 0 radical (unpaired) electrons. The molecule has 0 aromatic heterocycles. The molecule has 0 aliphatic carbocycles. The molecule has 1 atom stereocenters. The van der Waals surface area contributed by atoms with Gasteiger partial charge >= 0.3 is 5.97 Å². The molecule has 0 saturated heterocycles. The van der Waals surface area contributed by atoms with Gasteiger partial charge < -0.3 is 4.74 Å². The summed E-state index contributed by atoms with van der Waals surface area (Å²) in [5.41, 5.74) is 0. The van der Waals surface area contributed by atoms with Crippen molar-refractivity contribution in [3.63, 3.8) is 0 Å². The molecule has 0 saturated carbocycles. The number of ether oxygens (including phenoxy) is 1. The molecule has 0 heterocycles. The molecule has 0 fully saturated rings. The van der Waals surface area contributed by atoms with Crippen LogP contribution in [0, 0.1) is 0 Å². The summed E-state index contributed by atoms with van der Waals surface area (Å²) in [7, 11) is 0. The zero-order valence-electron chi connectivity index (χ0n) is 9.93. The predicted molar refractivity (Wildman–Crippen MR) is 72.4 cm³/mol. The highest BCUT2D eigenvalue weighted by atomic mass is 127. The maximum absolute atomic E-state index is 11.3. The minimum absolute atomic E-state index is 0.0303. The number of hydrogen-bond donors (Lipinski definition) is 0. The van der Waals surface area contributed by atoms with Crippen molar-refractivity contribution in [2.24, 2.45) is 0 Å². The third kappa shape index (κ3) is 9.15. The first-order valence-corrected chi connectivity index (χ1v) is 7.27. The van der Waals surface area contributed by atoms with Gasteiger partial charge in [0.1, 0.15) is 3.92 Å². The Morgan fingerprint density at radius 3 is 2.33 bits per heavy atom. The van der Waals surface area contributed by atoms with Crippen molar-refractivity contribution in [2.45, 2.75) is 62.7 Å². The molecule has 0 N–H and O–H groups in total. The summed E-state index contributed by atoms with van der Waals surface area (Å²) in [4.78, 5) is 11.3. The van der Waals surface area contributed by atoms with E-state index in [1.807, 2.05) is 6.92 Å². The average molecular weight is 326 g/mol. The summed E-state index contributed by atoms with van der Waals surface area (Å²) >= 11 is 2.14. The first kappa shape index (κ1) is 15.2. The molecule has 15 heavy (non-hydrogen) atoms. The van der Waals surface area contributed by atoms with Crippen LogP contribution in [0.2, 0.25) is 0 Å². The maximum Gasteiger partial charge on any atom is 0.318 e. The monoisotopic (exact) mass is 326 g/mol. The number of esters is 1. The van der Waals surface area contributed by atoms with E-state index >= 15 is 0 Å². The van der Waals surface area contributed by atoms with Gasteiger partial charge in [-0.2, -0.15) is 0 Å². The number of alkyl halides is 1. The standard InChI is InChI=1S/C12H23IO2/c1-3-5-6-7-8-9-10-15-12(14)11(13)4-2/h11H,3-10H2,1-2H3. The maximum atomic E-state index is 11.3. The summed E-state index contributed by atoms with van der Waals surface area (Å²) < 4.78 is 5.19. The van der Waals surface area contributed by atoms with Gasteiger partial charge in [0.15, 0.2) is 0 Å². The van der Waals surface area contributed by atoms with E-state index in [0.29, 0.717) is 6.61 Å². The van der Waals surface area contributed by atoms with Gasteiger partial charge in [0.2, 0.25) is 0 Å². The zero-order chi connectivity index (χ0) is 11.5. The summed E-state index contributed by atoms with van der Waals surface area (Å²) in [6, 6.07) is 0. The van der Waals surface area contributed by atoms with Gasteiger partial charge in [0.05, 0.1) is 6.61 Å². The van der Waals surface area contributed by atoms with Crippen molar-refractivity contribution in [1.82, 2.24) is 0 Å². The fourth-order valence-electron chi connectivity index (χ4n) is 1.31. The molecular weight excluding hydrogens is 303 g/mol. The van der Waals surface area contributed by atoms with Crippen LogP contribution in [0.5, 0.6) is 0 Å². The minimum Gasteiger partial charge on any atom is -0.465 e. The molecule has 0 amide bonds. The topological polar surface area (TPSA) is 26.3 Å². The third-order valence-electron chi connectivity index (χ3n) is 2.36. The van der Waals surface area contributed by atoms with Crippen molar-refractivity contribution in [3.05, 3.63) is 0 Å². The smallest absolute Gasteiger partial charge is 0.318 e. The molecule has 0 bridgehead atoms. The Bertz CT molecular complexity index is 160. The Morgan fingerprint density at radius 2 is 1.73 bits per heavy atom. The fraction of sp³-hybridized carbons (Fsp3) is 0.917. The molecule has 3 heteroatoms. The number of unbranched alkanes of at least 4 members (excludes halogenated alkanes) is 5. The van der Waals surface area contributed by atoms with Crippen molar-refractivity contribution >= 4 is 28.6 Å². The Labute approximate surface area is 107 Å². The van der Waals surface area contributed by atoms with E-state index < -0.39 is 0 Å². The van der Waals surface area contributed by atoms with Crippen molar-refractivity contribution in [3.8, 4) is 0 Å². The molecule has 1 unspecified atom stereocenters. The van der Waals surface area contributed by atoms with Gasteiger partial charge in [0.25, 0.3) is 0 Å². The van der Waals surface area contributed by atoms with Crippen molar-refractivity contribution < 1.29 is 9.53 Å². The molecule has 0 spiro atoms. The first-order valence-electron chi connectivity index (χ1n) is 6.03. The van der Waals surface area contributed by atoms with Gasteiger partial charge in [0, 0.05) is 0 Å². The SMILES string of the molecule is CCCCCCCCOC(=O)C(I)CC. The first-order chi connectivity index (χ1) is 7.22. The molecule has 0 aromatic carbocycles. The lowest BCUT2D eigenvalue weighted by Gasteiger charge is -2.07. The fourth-order valence-corrected chi connectivity index (χ4v) is 1.49. The Kier molecular flexibility index (Phi) is 10.9. The van der Waals surface area contributed by atoms with Crippen LogP contribution in [0.4, 0.5) is 0 Å². The molecule has 0 aromatic rings. The lowest BCUT2D eigenvalue weighted by molar-refractivity contribution is -0.142. The van der Waals surface area contributed by atoms with E-state index in [9.17, 15) is 4.79 Å². The van der Waals surface area contributed by atoms with Crippen LogP contribution in [0.1, 0.15) is 58.8 Å². The van der Waals surface area contributed by atoms with Gasteiger partial charge in [-0.05, 0) is 12.8 Å². The minimum atomic E-state index is -0.0494. The van der Waals surface area contributed by atoms with Gasteiger partial charge in [-0.1, -0.05) is 68.5 Å². The van der Waals surface area contributed by atoms with E-state index in [4.69, 9.17) is 4.74 Å². The molecule has 90 valence electrons. The second-order valence-corrected chi connectivity index (χ2v) is 5.31. The normalized spacial score (nSPS) is 12.5. The third-order valence-corrected chi connectivity index (χ3v) is 3.75. The summed E-state index contributed by atoms with van der Waals surface area (Å²) in [5.74, 6) is -0.0494. The van der Waals surface area contributed by atoms with Crippen LogP contribution in [0.25, 0.3) is 0 Å². The largest absolute Gasteiger partial charge is 0.465 e. The number of halogens is 1. The van der Waals surface area contributed by atoms with E-state index in [1.54, 1.807) is 0 Å². The van der Waals surface area contributed by atoms with Gasteiger partial charge in [-0.3, -0.25) is 4.79 Å². The summed E-state index contributed by atoms with van der Waals surface area (Å²) in [6.07, 6.45) is 8.25. The number of carbonyl (C=O) groups excluding carboxylic acids is 1. The second-order valence-electron chi connectivity index (χ2n) is 3.81. The van der Waals surface area contributed by atoms with Gasteiger partial charge in [-0.15, -0.1) is 0 Å². The highest BCUT2D eigenvalue weighted by molar-refractivity contribution is 14.1. The number of hydrogen-bond acceptors (Lipinski definition) is 2. The van der Waals surface area contributed by atoms with Crippen LogP contribution in [-0.4, -0.2) is 16.5 Å². The molecule has 0 rings (SSSR count). The van der Waals surface area contributed by atoms with Crippen LogP contribution >= 0.6 is 22.6 Å². The number of rotatable bonds is 9. The average Bonchev–Trinajstić information content (AvgIpc) is 2.26. The summed E-state index contributed by atoms with van der Waals surface area (Å²) in [5, 5.41) is 0. The lowest BCUT2D eigenvalue weighted by atomic mass is 10.1. The zero-order valence-corrected chi connectivity index (χ0v) is 12.1.